The van der Waals surface area contributed by atoms with Crippen LogP contribution in [0.2, 0.25) is 0 Å². The van der Waals surface area contributed by atoms with Gasteiger partial charge in [-0.05, 0) is 43.4 Å². The van der Waals surface area contributed by atoms with Crippen LogP contribution in [0.4, 0.5) is 0 Å². The molecule has 22 heavy (non-hydrogen) atoms. The summed E-state index contributed by atoms with van der Waals surface area (Å²) in [5.74, 6) is 0.515. The lowest BCUT2D eigenvalue weighted by Crippen LogP contribution is -2.60. The lowest BCUT2D eigenvalue weighted by atomic mass is 9.45. The van der Waals surface area contributed by atoms with Gasteiger partial charge in [-0.1, -0.05) is 33.6 Å². The smallest absolute Gasteiger partial charge is 0.238 e. The maximum Gasteiger partial charge on any atom is 0.238 e. The van der Waals surface area contributed by atoms with Gasteiger partial charge in [-0.2, -0.15) is 0 Å². The summed E-state index contributed by atoms with van der Waals surface area (Å²) in [6.07, 6.45) is 7.19. The zero-order valence-corrected chi connectivity index (χ0v) is 14.9. The van der Waals surface area contributed by atoms with Crippen molar-refractivity contribution in [2.45, 2.75) is 78.2 Å². The number of amides is 1. The molecule has 3 rings (SSSR count). The quantitative estimate of drug-likeness (QED) is 0.744. The first-order valence-electron chi connectivity index (χ1n) is 8.79. The van der Waals surface area contributed by atoms with Crippen molar-refractivity contribution in [2.75, 3.05) is 5.75 Å². The second-order valence-electron chi connectivity index (χ2n) is 8.27. The molecule has 0 radical (unpaired) electrons. The predicted molar refractivity (Wildman–Crippen MR) is 86.7 cm³/mol. The Morgan fingerprint density at radius 2 is 1.91 bits per heavy atom. The highest BCUT2D eigenvalue weighted by molar-refractivity contribution is 7.90. The molecule has 0 N–H and O–H groups in total. The van der Waals surface area contributed by atoms with Gasteiger partial charge in [-0.3, -0.25) is 4.79 Å². The Bertz CT molecular complexity index is 568. The number of rotatable bonds is 4. The average molecular weight is 327 g/mol. The largest absolute Gasteiger partial charge is 0.274 e. The first kappa shape index (κ1) is 16.3. The van der Waals surface area contributed by atoms with Crippen molar-refractivity contribution in [1.29, 1.82) is 0 Å². The highest BCUT2D eigenvalue weighted by Crippen LogP contribution is 2.66. The van der Waals surface area contributed by atoms with Crippen LogP contribution in [0.1, 0.15) is 72.1 Å². The fourth-order valence-corrected chi connectivity index (χ4v) is 7.85. The van der Waals surface area contributed by atoms with Crippen LogP contribution in [-0.2, 0) is 14.8 Å². The van der Waals surface area contributed by atoms with Crippen LogP contribution < -0.4 is 0 Å². The second kappa shape index (κ2) is 5.22. The summed E-state index contributed by atoms with van der Waals surface area (Å²) >= 11 is 0. The molecule has 1 spiro atoms. The Kier molecular flexibility index (Phi) is 3.86. The van der Waals surface area contributed by atoms with Crippen LogP contribution in [0.5, 0.6) is 0 Å². The van der Waals surface area contributed by atoms with E-state index in [1.807, 2.05) is 0 Å². The lowest BCUT2D eigenvalue weighted by molar-refractivity contribution is -0.141. The van der Waals surface area contributed by atoms with E-state index in [-0.39, 0.29) is 28.5 Å². The zero-order chi connectivity index (χ0) is 16.2. The molecule has 0 bridgehead atoms. The first-order chi connectivity index (χ1) is 10.2. The van der Waals surface area contributed by atoms with Crippen LogP contribution in [-0.4, -0.2) is 30.4 Å². The van der Waals surface area contributed by atoms with Gasteiger partial charge in [0, 0.05) is 11.8 Å². The van der Waals surface area contributed by atoms with Crippen LogP contribution in [0.25, 0.3) is 0 Å². The molecule has 126 valence electrons. The van der Waals surface area contributed by atoms with Crippen molar-refractivity contribution in [2.24, 2.45) is 16.7 Å². The van der Waals surface area contributed by atoms with Gasteiger partial charge >= 0.3 is 0 Å². The van der Waals surface area contributed by atoms with Gasteiger partial charge in [0.1, 0.15) is 0 Å². The van der Waals surface area contributed by atoms with Crippen molar-refractivity contribution in [3.63, 3.8) is 0 Å². The minimum absolute atomic E-state index is 0.0570. The third-order valence-electron chi connectivity index (χ3n) is 6.54. The standard InChI is InChI=1S/C17H29NO3S/c1-4-5-6-7-15(19)18-14-9-10-16(2,3)13-8-11-17(13,14)12-22(18,20)21/h13-14H,4-12H2,1-3H3. The summed E-state index contributed by atoms with van der Waals surface area (Å²) in [4.78, 5) is 12.6. The van der Waals surface area contributed by atoms with E-state index in [1.165, 1.54) is 4.31 Å². The van der Waals surface area contributed by atoms with E-state index in [1.54, 1.807) is 0 Å². The van der Waals surface area contributed by atoms with Gasteiger partial charge in [0.15, 0.2) is 0 Å². The number of unbranched alkanes of at least 4 members (excludes halogenated alkanes) is 2. The maximum absolute atomic E-state index is 12.7. The number of hydrogen-bond acceptors (Lipinski definition) is 3. The summed E-state index contributed by atoms with van der Waals surface area (Å²) in [5.41, 5.74) is 0.0759. The maximum atomic E-state index is 12.7. The monoisotopic (exact) mass is 327 g/mol. The Balaban J connectivity index is 1.85. The molecule has 1 amide bonds. The summed E-state index contributed by atoms with van der Waals surface area (Å²) < 4.78 is 26.7. The van der Waals surface area contributed by atoms with Gasteiger partial charge in [-0.15, -0.1) is 0 Å². The summed E-state index contributed by atoms with van der Waals surface area (Å²) in [6, 6.07) is -0.0570. The molecule has 3 atom stereocenters. The molecule has 1 aliphatic heterocycles. The number of carbonyl (C=O) groups is 1. The minimum atomic E-state index is -3.41. The van der Waals surface area contributed by atoms with Crippen molar-refractivity contribution in [3.8, 4) is 0 Å². The average Bonchev–Trinajstić information content (AvgIpc) is 2.63. The molecular formula is C17H29NO3S. The van der Waals surface area contributed by atoms with Crippen LogP contribution in [0.15, 0.2) is 0 Å². The summed E-state index contributed by atoms with van der Waals surface area (Å²) in [6.45, 7) is 6.63. The highest BCUT2D eigenvalue weighted by Gasteiger charge is 2.68. The Morgan fingerprint density at radius 1 is 1.18 bits per heavy atom. The molecule has 0 aromatic carbocycles. The normalized spacial score (nSPS) is 38.0. The molecule has 0 aromatic rings. The van der Waals surface area contributed by atoms with E-state index in [0.29, 0.717) is 12.3 Å². The van der Waals surface area contributed by atoms with E-state index in [4.69, 9.17) is 0 Å². The van der Waals surface area contributed by atoms with E-state index >= 15 is 0 Å². The fourth-order valence-electron chi connectivity index (χ4n) is 5.39. The van der Waals surface area contributed by atoms with Crippen LogP contribution >= 0.6 is 0 Å². The second-order valence-corrected chi connectivity index (χ2v) is 10.1. The van der Waals surface area contributed by atoms with Crippen molar-refractivity contribution >= 4 is 15.9 Å². The lowest BCUT2D eigenvalue weighted by Gasteiger charge is -2.60. The van der Waals surface area contributed by atoms with Gasteiger partial charge in [0.2, 0.25) is 15.9 Å². The van der Waals surface area contributed by atoms with Crippen LogP contribution in [0, 0.1) is 16.7 Å². The number of nitrogens with zero attached hydrogens (tertiary/aromatic N) is 1. The van der Waals surface area contributed by atoms with Crippen molar-refractivity contribution in [1.82, 2.24) is 4.31 Å². The molecular weight excluding hydrogens is 298 g/mol. The number of carbonyl (C=O) groups excluding carboxylic acids is 1. The molecule has 1 heterocycles. The van der Waals surface area contributed by atoms with E-state index in [2.05, 4.69) is 20.8 Å². The molecule has 3 aliphatic rings. The van der Waals surface area contributed by atoms with Gasteiger partial charge in [-0.25, -0.2) is 12.7 Å². The van der Waals surface area contributed by atoms with Crippen molar-refractivity contribution in [3.05, 3.63) is 0 Å². The van der Waals surface area contributed by atoms with Gasteiger partial charge < -0.3 is 0 Å². The molecule has 2 aliphatic carbocycles. The third-order valence-corrected chi connectivity index (χ3v) is 8.50. The van der Waals surface area contributed by atoms with Crippen molar-refractivity contribution < 1.29 is 13.2 Å². The van der Waals surface area contributed by atoms with Gasteiger partial charge in [0.25, 0.3) is 0 Å². The Morgan fingerprint density at radius 3 is 2.50 bits per heavy atom. The Labute approximate surface area is 134 Å². The van der Waals surface area contributed by atoms with E-state index in [9.17, 15) is 13.2 Å². The van der Waals surface area contributed by atoms with E-state index < -0.39 is 10.0 Å². The minimum Gasteiger partial charge on any atom is -0.274 e. The number of sulfonamides is 1. The molecule has 4 nitrogen and oxygen atoms in total. The molecule has 3 fully saturated rings. The molecule has 2 saturated carbocycles. The van der Waals surface area contributed by atoms with Crippen LogP contribution in [0.3, 0.4) is 0 Å². The van der Waals surface area contributed by atoms with Gasteiger partial charge in [0.05, 0.1) is 11.8 Å². The molecule has 3 unspecified atom stereocenters. The summed E-state index contributed by atoms with van der Waals surface area (Å²) in [7, 11) is -3.41. The number of hydrogen-bond donors (Lipinski definition) is 0. The highest BCUT2D eigenvalue weighted by atomic mass is 32.2. The topological polar surface area (TPSA) is 54.5 Å². The first-order valence-corrected chi connectivity index (χ1v) is 10.4. The SMILES string of the molecule is CCCCCC(=O)N1C2CCC(C)(C)C3CCC23CS1(=O)=O. The zero-order valence-electron chi connectivity index (χ0n) is 14.1. The summed E-state index contributed by atoms with van der Waals surface area (Å²) in [5, 5.41) is 0. The predicted octanol–water partition coefficient (Wildman–Crippen LogP) is 3.32. The molecule has 5 heteroatoms. The molecule has 1 saturated heterocycles. The third kappa shape index (κ3) is 2.22. The van der Waals surface area contributed by atoms with E-state index in [0.717, 1.165) is 44.9 Å². The fraction of sp³-hybridized carbons (Fsp3) is 0.941. The Hall–Kier alpha value is -0.580. The molecule has 0 aromatic heterocycles.